The summed E-state index contributed by atoms with van der Waals surface area (Å²) in [5.74, 6) is 1.66. The molecule has 0 aromatic rings. The van der Waals surface area contributed by atoms with Gasteiger partial charge in [-0.15, -0.1) is 0 Å². The Morgan fingerprint density at radius 1 is 0.917 bits per heavy atom. The number of carbonyl (C=O) groups excluding carboxylic acids is 1. The molecule has 0 aliphatic heterocycles. The number of aliphatic hydroxyl groups excluding tert-OH is 1. The van der Waals surface area contributed by atoms with Crippen molar-refractivity contribution in [1.29, 1.82) is 0 Å². The topological polar surface area (TPSA) is 105 Å². The molecule has 36 heavy (non-hydrogen) atoms. The number of hydrogen-bond donors (Lipinski definition) is 1. The molecule has 9 heteroatoms. The normalized spacial score (nSPS) is 20.2. The lowest BCUT2D eigenvalue weighted by molar-refractivity contribution is -0.870. The molecule has 0 saturated heterocycles. The monoisotopic (exact) mass is 535 g/mol. The van der Waals surface area contributed by atoms with Crippen LogP contribution in [0, 0.1) is 11.8 Å². The van der Waals surface area contributed by atoms with E-state index in [1.165, 1.54) is 70.6 Å². The van der Waals surface area contributed by atoms with E-state index in [1.807, 2.05) is 21.1 Å². The van der Waals surface area contributed by atoms with Crippen LogP contribution in [0.1, 0.15) is 103 Å². The maximum Gasteiger partial charge on any atom is 0.305 e. The molecule has 3 unspecified atom stereocenters. The summed E-state index contributed by atoms with van der Waals surface area (Å²) in [6.07, 6.45) is 17.0. The van der Waals surface area contributed by atoms with Gasteiger partial charge >= 0.3 is 5.97 Å². The second-order valence-corrected chi connectivity index (χ2v) is 13.0. The third-order valence-electron chi connectivity index (χ3n) is 6.83. The SMILES string of the molecule is CCCCCCC1CC1CCCCCCCCCC(=O)OC[C@H](O)COP(=O)([O-])OCC[N+](C)(C)C. The number of hydrogen-bond acceptors (Lipinski definition) is 7. The van der Waals surface area contributed by atoms with Gasteiger partial charge in [0.2, 0.25) is 0 Å². The first kappa shape index (κ1) is 33.5. The second kappa shape index (κ2) is 18.7. The molecule has 8 nitrogen and oxygen atoms in total. The average Bonchev–Trinajstić information content (AvgIpc) is 3.55. The van der Waals surface area contributed by atoms with Crippen molar-refractivity contribution in [3.05, 3.63) is 0 Å². The molecular formula is C27H54NO7P. The third kappa shape index (κ3) is 19.6. The van der Waals surface area contributed by atoms with Gasteiger partial charge in [0.05, 0.1) is 27.7 Å². The quantitative estimate of drug-likeness (QED) is 0.0782. The molecular weight excluding hydrogens is 481 g/mol. The van der Waals surface area contributed by atoms with Crippen LogP contribution < -0.4 is 4.89 Å². The minimum atomic E-state index is -4.49. The van der Waals surface area contributed by atoms with Crippen LogP contribution in [0.3, 0.4) is 0 Å². The second-order valence-electron chi connectivity index (χ2n) is 11.5. The molecule has 4 atom stereocenters. The minimum absolute atomic E-state index is 0.00447. The number of nitrogens with zero attached hydrogens (tertiary/aromatic N) is 1. The fourth-order valence-corrected chi connectivity index (χ4v) is 5.10. The summed E-state index contributed by atoms with van der Waals surface area (Å²) < 4.78 is 26.7. The highest BCUT2D eigenvalue weighted by Gasteiger charge is 2.34. The fourth-order valence-electron chi connectivity index (χ4n) is 4.36. The third-order valence-corrected chi connectivity index (χ3v) is 7.79. The van der Waals surface area contributed by atoms with Crippen molar-refractivity contribution in [2.75, 3.05) is 47.5 Å². The Kier molecular flexibility index (Phi) is 17.4. The summed E-state index contributed by atoms with van der Waals surface area (Å²) in [6, 6.07) is 0. The lowest BCUT2D eigenvalue weighted by atomic mass is 10.0. The van der Waals surface area contributed by atoms with Gasteiger partial charge in [-0.2, -0.15) is 0 Å². The number of rotatable bonds is 24. The van der Waals surface area contributed by atoms with E-state index in [0.717, 1.165) is 31.1 Å². The summed E-state index contributed by atoms with van der Waals surface area (Å²) >= 11 is 0. The van der Waals surface area contributed by atoms with Gasteiger partial charge in [0, 0.05) is 6.42 Å². The zero-order valence-corrected chi connectivity index (χ0v) is 24.4. The number of phosphoric ester groups is 1. The molecule has 0 spiro atoms. The molecule has 1 fully saturated rings. The van der Waals surface area contributed by atoms with Crippen LogP contribution in [0.25, 0.3) is 0 Å². The number of esters is 1. The van der Waals surface area contributed by atoms with Crippen LogP contribution in [-0.2, 0) is 23.1 Å². The van der Waals surface area contributed by atoms with Gasteiger partial charge in [0.15, 0.2) is 0 Å². The largest absolute Gasteiger partial charge is 0.756 e. The smallest absolute Gasteiger partial charge is 0.305 e. The number of aliphatic hydroxyl groups is 1. The van der Waals surface area contributed by atoms with Gasteiger partial charge in [-0.3, -0.25) is 9.36 Å². The lowest BCUT2D eigenvalue weighted by Crippen LogP contribution is -2.37. The molecule has 214 valence electrons. The molecule has 1 saturated carbocycles. The maximum absolute atomic E-state index is 11.8. The molecule has 1 aliphatic carbocycles. The Morgan fingerprint density at radius 2 is 1.47 bits per heavy atom. The highest BCUT2D eigenvalue weighted by Crippen LogP contribution is 2.45. The van der Waals surface area contributed by atoms with E-state index >= 15 is 0 Å². The molecule has 1 aliphatic rings. The van der Waals surface area contributed by atoms with Crippen molar-refractivity contribution in [3.63, 3.8) is 0 Å². The standard InChI is InChI=1S/C27H54NO7P/c1-5-6-7-13-16-24-21-25(24)17-14-11-9-8-10-12-15-18-27(30)33-22-26(29)23-35-36(31,32)34-20-19-28(2,3)4/h24-26,29H,5-23H2,1-4H3/t24?,25?,26-/m0/s1. The Morgan fingerprint density at radius 3 is 2.06 bits per heavy atom. The number of phosphoric acid groups is 1. The summed E-state index contributed by atoms with van der Waals surface area (Å²) in [7, 11) is 1.26. The molecule has 1 N–H and O–H groups in total. The van der Waals surface area contributed by atoms with Crippen molar-refractivity contribution in [2.24, 2.45) is 11.8 Å². The minimum Gasteiger partial charge on any atom is -0.756 e. The van der Waals surface area contributed by atoms with Crippen LogP contribution in [0.2, 0.25) is 0 Å². The van der Waals surface area contributed by atoms with Gasteiger partial charge in [0.25, 0.3) is 7.82 Å². The predicted molar refractivity (Wildman–Crippen MR) is 141 cm³/mol. The van der Waals surface area contributed by atoms with Crippen LogP contribution in [-0.4, -0.2) is 69.2 Å². The van der Waals surface area contributed by atoms with Crippen LogP contribution in [0.4, 0.5) is 0 Å². The van der Waals surface area contributed by atoms with E-state index in [4.69, 9.17) is 9.26 Å². The Balaban J connectivity index is 1.90. The first-order valence-corrected chi connectivity index (χ1v) is 15.7. The molecule has 0 aromatic carbocycles. The first-order chi connectivity index (χ1) is 17.0. The van der Waals surface area contributed by atoms with E-state index in [-0.39, 0.29) is 19.2 Å². The highest BCUT2D eigenvalue weighted by molar-refractivity contribution is 7.45. The van der Waals surface area contributed by atoms with Crippen molar-refractivity contribution < 1.29 is 37.6 Å². The molecule has 0 aromatic heterocycles. The Hall–Kier alpha value is -0.500. The predicted octanol–water partition coefficient (Wildman–Crippen LogP) is 5.22. The first-order valence-electron chi connectivity index (χ1n) is 14.3. The van der Waals surface area contributed by atoms with E-state index in [2.05, 4.69) is 11.4 Å². The van der Waals surface area contributed by atoms with E-state index in [0.29, 0.717) is 17.4 Å². The van der Waals surface area contributed by atoms with E-state index in [9.17, 15) is 19.4 Å². The summed E-state index contributed by atoms with van der Waals surface area (Å²) in [4.78, 5) is 23.5. The number of ether oxygens (including phenoxy) is 1. The van der Waals surface area contributed by atoms with Crippen molar-refractivity contribution in [3.8, 4) is 0 Å². The van der Waals surface area contributed by atoms with E-state index < -0.39 is 20.5 Å². The molecule has 0 bridgehead atoms. The highest BCUT2D eigenvalue weighted by atomic mass is 31.2. The zero-order chi connectivity index (χ0) is 26.9. The number of likely N-dealkylation sites (N-methyl/N-ethyl adjacent to an activating group) is 1. The molecule has 0 radical (unpaired) electrons. The molecule has 0 heterocycles. The summed E-state index contributed by atoms with van der Waals surface area (Å²) in [6.45, 7) is 1.97. The average molecular weight is 536 g/mol. The van der Waals surface area contributed by atoms with Gasteiger partial charge in [0.1, 0.15) is 25.9 Å². The fraction of sp³-hybridized carbons (Fsp3) is 0.963. The Bertz CT molecular complexity index is 626. The van der Waals surface area contributed by atoms with Gasteiger partial charge < -0.3 is 28.3 Å². The lowest BCUT2D eigenvalue weighted by Gasteiger charge is -2.27. The van der Waals surface area contributed by atoms with E-state index in [1.54, 1.807) is 0 Å². The number of quaternary nitrogens is 1. The molecule has 1 rings (SSSR count). The van der Waals surface area contributed by atoms with Gasteiger partial charge in [-0.25, -0.2) is 0 Å². The van der Waals surface area contributed by atoms with Crippen molar-refractivity contribution in [2.45, 2.75) is 109 Å². The van der Waals surface area contributed by atoms with Crippen molar-refractivity contribution in [1.82, 2.24) is 0 Å². The van der Waals surface area contributed by atoms with Crippen LogP contribution in [0.15, 0.2) is 0 Å². The summed E-state index contributed by atoms with van der Waals surface area (Å²) in [5, 5.41) is 9.82. The zero-order valence-electron chi connectivity index (χ0n) is 23.5. The van der Waals surface area contributed by atoms with Gasteiger partial charge in [-0.1, -0.05) is 84.0 Å². The van der Waals surface area contributed by atoms with Crippen LogP contribution >= 0.6 is 7.82 Å². The number of unbranched alkanes of at least 4 members (excludes halogenated alkanes) is 9. The maximum atomic E-state index is 11.8. The summed E-state index contributed by atoms with van der Waals surface area (Å²) in [5.41, 5.74) is 0. The number of carbonyl (C=O) groups is 1. The van der Waals surface area contributed by atoms with Crippen LogP contribution in [0.5, 0.6) is 0 Å². The van der Waals surface area contributed by atoms with Gasteiger partial charge in [-0.05, 0) is 24.7 Å². The van der Waals surface area contributed by atoms with Crippen molar-refractivity contribution >= 4 is 13.8 Å². The molecule has 0 amide bonds. The Labute approximate surface area is 220 Å².